The molecular weight excluding hydrogens is 400 g/mol. The van der Waals surface area contributed by atoms with Gasteiger partial charge in [-0.1, -0.05) is 50.3 Å². The van der Waals surface area contributed by atoms with Gasteiger partial charge in [-0.15, -0.1) is 0 Å². The zero-order chi connectivity index (χ0) is 23.5. The molecule has 3 fully saturated rings. The molecule has 32 heavy (non-hydrogen) atoms. The minimum Gasteiger partial charge on any atom is -0.393 e. The molecule has 180 valence electrons. The van der Waals surface area contributed by atoms with E-state index in [1.165, 1.54) is 31.3 Å². The molecule has 3 aliphatic rings. The molecule has 0 aromatic carbocycles. The van der Waals surface area contributed by atoms with Crippen molar-refractivity contribution < 1.29 is 20.1 Å². The van der Waals surface area contributed by atoms with Gasteiger partial charge >= 0.3 is 0 Å². The standard InChI is InChI=1S/C28H44O4/c1-19(8-7-15-32-18-27(3,4)31)24-12-13-25-21(9-6-14-28(24,25)5)10-11-22-16-23(29)17-26(30)20(22)2/h7-8,10-11,19,23-26,29-31H,2,6,9,12-18H2,1,3-5H3/t19-,23-,24-,25+,26+,28-/m1/s1. The summed E-state index contributed by atoms with van der Waals surface area (Å²) in [7, 11) is 0. The number of aliphatic hydroxyl groups excluding tert-OH is 2. The summed E-state index contributed by atoms with van der Waals surface area (Å²) in [6, 6.07) is 0. The van der Waals surface area contributed by atoms with Gasteiger partial charge in [-0.05, 0) is 86.7 Å². The fourth-order valence-electron chi connectivity index (χ4n) is 6.39. The van der Waals surface area contributed by atoms with Crippen LogP contribution in [0.25, 0.3) is 0 Å². The Balaban J connectivity index is 1.66. The van der Waals surface area contributed by atoms with Crippen molar-refractivity contribution in [1.82, 2.24) is 0 Å². The van der Waals surface area contributed by atoms with Crippen molar-refractivity contribution in [3.63, 3.8) is 0 Å². The van der Waals surface area contributed by atoms with Crippen molar-refractivity contribution in [1.29, 1.82) is 0 Å². The number of fused-ring (bicyclic) bond motifs is 1. The number of allylic oxidation sites excluding steroid dienone is 4. The summed E-state index contributed by atoms with van der Waals surface area (Å²) in [5.74, 6) is 1.76. The summed E-state index contributed by atoms with van der Waals surface area (Å²) in [5, 5.41) is 29.9. The van der Waals surface area contributed by atoms with E-state index in [1.807, 2.05) is 0 Å². The van der Waals surface area contributed by atoms with Crippen LogP contribution in [0.3, 0.4) is 0 Å². The summed E-state index contributed by atoms with van der Waals surface area (Å²) in [6.07, 6.45) is 14.8. The number of hydrogen-bond donors (Lipinski definition) is 3. The van der Waals surface area contributed by atoms with E-state index in [2.05, 4.69) is 44.7 Å². The topological polar surface area (TPSA) is 69.9 Å². The van der Waals surface area contributed by atoms with Gasteiger partial charge < -0.3 is 20.1 Å². The zero-order valence-corrected chi connectivity index (χ0v) is 20.5. The quantitative estimate of drug-likeness (QED) is 0.377. The summed E-state index contributed by atoms with van der Waals surface area (Å²) in [5.41, 5.74) is 2.81. The molecule has 3 aliphatic carbocycles. The normalized spacial score (nSPS) is 37.4. The molecule has 0 radical (unpaired) electrons. The van der Waals surface area contributed by atoms with Gasteiger partial charge in [0.1, 0.15) is 0 Å². The zero-order valence-electron chi connectivity index (χ0n) is 20.5. The van der Waals surface area contributed by atoms with E-state index in [0.29, 0.717) is 49.2 Å². The van der Waals surface area contributed by atoms with Gasteiger partial charge in [0.15, 0.2) is 0 Å². The van der Waals surface area contributed by atoms with E-state index in [1.54, 1.807) is 13.8 Å². The maximum atomic E-state index is 10.1. The number of aliphatic hydroxyl groups is 3. The van der Waals surface area contributed by atoms with Gasteiger partial charge in [0, 0.05) is 6.42 Å². The van der Waals surface area contributed by atoms with Crippen LogP contribution in [0.1, 0.15) is 72.6 Å². The molecule has 0 heterocycles. The van der Waals surface area contributed by atoms with Crippen molar-refractivity contribution in [3.05, 3.63) is 47.6 Å². The second-order valence-corrected chi connectivity index (χ2v) is 11.3. The maximum absolute atomic E-state index is 10.1. The van der Waals surface area contributed by atoms with E-state index < -0.39 is 17.8 Å². The van der Waals surface area contributed by atoms with Gasteiger partial charge in [-0.25, -0.2) is 0 Å². The maximum Gasteiger partial charge on any atom is 0.0824 e. The van der Waals surface area contributed by atoms with Crippen LogP contribution in [0.5, 0.6) is 0 Å². The van der Waals surface area contributed by atoms with E-state index >= 15 is 0 Å². The van der Waals surface area contributed by atoms with Crippen molar-refractivity contribution in [2.75, 3.05) is 13.2 Å². The lowest BCUT2D eigenvalue weighted by Gasteiger charge is -2.44. The van der Waals surface area contributed by atoms with E-state index in [-0.39, 0.29) is 0 Å². The molecular formula is C28H44O4. The lowest BCUT2D eigenvalue weighted by molar-refractivity contribution is -0.0125. The first-order valence-electron chi connectivity index (χ1n) is 12.4. The Kier molecular flexibility index (Phi) is 8.25. The average molecular weight is 445 g/mol. The van der Waals surface area contributed by atoms with Crippen molar-refractivity contribution in [2.45, 2.75) is 90.4 Å². The molecule has 0 aromatic heterocycles. The molecule has 0 amide bonds. The van der Waals surface area contributed by atoms with Crippen LogP contribution in [0.15, 0.2) is 47.6 Å². The smallest absolute Gasteiger partial charge is 0.0824 e. The van der Waals surface area contributed by atoms with Crippen LogP contribution in [-0.2, 0) is 4.74 Å². The minimum atomic E-state index is -0.786. The first-order chi connectivity index (χ1) is 15.0. The second kappa shape index (κ2) is 10.4. The molecule has 0 aliphatic heterocycles. The first kappa shape index (κ1) is 25.4. The predicted octanol–water partition coefficient (Wildman–Crippen LogP) is 5.11. The van der Waals surface area contributed by atoms with Crippen LogP contribution in [-0.4, -0.2) is 46.3 Å². The van der Waals surface area contributed by atoms with E-state index in [0.717, 1.165) is 17.6 Å². The second-order valence-electron chi connectivity index (χ2n) is 11.3. The molecule has 4 heteroatoms. The number of hydrogen-bond acceptors (Lipinski definition) is 4. The SMILES string of the molecule is C=C1C(=CC=C2CCC[C@]3(C)[C@@H]([C@H](C)C=CCOCC(C)(C)O)CC[C@@H]23)C[C@@H](O)C[C@@H]1O. The van der Waals surface area contributed by atoms with Crippen LogP contribution >= 0.6 is 0 Å². The third-order valence-corrected chi connectivity index (χ3v) is 8.05. The van der Waals surface area contributed by atoms with Crippen LogP contribution in [0.4, 0.5) is 0 Å². The lowest BCUT2D eigenvalue weighted by Crippen LogP contribution is -2.35. The van der Waals surface area contributed by atoms with Crippen LogP contribution in [0, 0.1) is 23.2 Å². The van der Waals surface area contributed by atoms with Gasteiger partial charge in [-0.2, -0.15) is 0 Å². The van der Waals surface area contributed by atoms with Gasteiger partial charge in [-0.3, -0.25) is 0 Å². The Bertz CT molecular complexity index is 756. The Morgan fingerprint density at radius 3 is 2.72 bits per heavy atom. The largest absolute Gasteiger partial charge is 0.393 e. The lowest BCUT2D eigenvalue weighted by atomic mass is 9.61. The minimum absolute atomic E-state index is 0.308. The Morgan fingerprint density at radius 1 is 1.25 bits per heavy atom. The van der Waals surface area contributed by atoms with Crippen molar-refractivity contribution in [3.8, 4) is 0 Å². The van der Waals surface area contributed by atoms with E-state index in [9.17, 15) is 15.3 Å². The highest BCUT2D eigenvalue weighted by Gasteiger charge is 2.50. The highest BCUT2D eigenvalue weighted by molar-refractivity contribution is 5.38. The average Bonchev–Trinajstić information content (AvgIpc) is 3.06. The Hall–Kier alpha value is -1.20. The molecule has 0 aromatic rings. The molecule has 6 atom stereocenters. The highest BCUT2D eigenvalue weighted by Crippen LogP contribution is 2.59. The van der Waals surface area contributed by atoms with Crippen LogP contribution in [0.2, 0.25) is 0 Å². The fourth-order valence-corrected chi connectivity index (χ4v) is 6.39. The predicted molar refractivity (Wildman–Crippen MR) is 130 cm³/mol. The first-order valence-corrected chi connectivity index (χ1v) is 12.4. The van der Waals surface area contributed by atoms with Crippen LogP contribution < -0.4 is 0 Å². The number of ether oxygens (including phenoxy) is 1. The van der Waals surface area contributed by atoms with Crippen molar-refractivity contribution in [2.24, 2.45) is 23.2 Å². The summed E-state index contributed by atoms with van der Waals surface area (Å²) < 4.78 is 5.58. The molecule has 0 bridgehead atoms. The Labute approximate surface area is 194 Å². The Morgan fingerprint density at radius 2 is 2.00 bits per heavy atom. The highest BCUT2D eigenvalue weighted by atomic mass is 16.5. The molecule has 0 unspecified atom stereocenters. The number of rotatable bonds is 7. The monoisotopic (exact) mass is 444 g/mol. The molecule has 4 nitrogen and oxygen atoms in total. The van der Waals surface area contributed by atoms with Gasteiger partial charge in [0.05, 0.1) is 31.0 Å². The molecule has 0 spiro atoms. The van der Waals surface area contributed by atoms with Crippen molar-refractivity contribution >= 4 is 0 Å². The third kappa shape index (κ3) is 6.02. The van der Waals surface area contributed by atoms with Gasteiger partial charge in [0.25, 0.3) is 0 Å². The van der Waals surface area contributed by atoms with Gasteiger partial charge in [0.2, 0.25) is 0 Å². The fraction of sp³-hybridized carbons (Fsp3) is 0.714. The van der Waals surface area contributed by atoms with E-state index in [4.69, 9.17) is 4.74 Å². The summed E-state index contributed by atoms with van der Waals surface area (Å²) in [6.45, 7) is 13.3. The third-order valence-electron chi connectivity index (χ3n) is 8.05. The molecule has 3 N–H and O–H groups in total. The molecule has 0 saturated heterocycles. The molecule has 3 saturated carbocycles. The molecule has 3 rings (SSSR count). The summed E-state index contributed by atoms with van der Waals surface area (Å²) >= 11 is 0. The summed E-state index contributed by atoms with van der Waals surface area (Å²) in [4.78, 5) is 0.